The number of rotatable bonds is 3. The van der Waals surface area contributed by atoms with E-state index in [1.807, 2.05) is 66.4 Å². The first kappa shape index (κ1) is 13.7. The van der Waals surface area contributed by atoms with Gasteiger partial charge in [0.25, 0.3) is 5.91 Å². The molecule has 1 heterocycles. The van der Waals surface area contributed by atoms with Crippen LogP contribution in [0.25, 0.3) is 0 Å². The van der Waals surface area contributed by atoms with Gasteiger partial charge in [0.15, 0.2) is 0 Å². The molecule has 108 valence electrons. The molecule has 1 fully saturated rings. The maximum atomic E-state index is 12.5. The quantitative estimate of drug-likeness (QED) is 0.864. The molecule has 21 heavy (non-hydrogen) atoms. The number of para-hydroxylation sites is 1. The maximum absolute atomic E-state index is 12.5. The van der Waals surface area contributed by atoms with Gasteiger partial charge in [-0.25, -0.2) is 0 Å². The van der Waals surface area contributed by atoms with Crippen LogP contribution in [0.5, 0.6) is 5.75 Å². The fourth-order valence-corrected chi connectivity index (χ4v) is 2.66. The standard InChI is InChI=1S/C18H19NO2/c1-14-6-5-7-15(12-14)18(20)19-11-10-17(13-19)21-16-8-3-2-4-9-16/h2-9,12,17H,10-11,13H2,1H3. The van der Waals surface area contributed by atoms with Gasteiger partial charge in [0.2, 0.25) is 0 Å². The number of hydrogen-bond acceptors (Lipinski definition) is 2. The van der Waals surface area contributed by atoms with Crippen LogP contribution in [0.4, 0.5) is 0 Å². The normalized spacial score (nSPS) is 17.8. The molecule has 1 aliphatic rings. The Morgan fingerprint density at radius 1 is 1.14 bits per heavy atom. The molecular weight excluding hydrogens is 262 g/mol. The van der Waals surface area contributed by atoms with Crippen molar-refractivity contribution in [3.05, 3.63) is 65.7 Å². The third-order valence-corrected chi connectivity index (χ3v) is 3.74. The van der Waals surface area contributed by atoms with E-state index >= 15 is 0 Å². The van der Waals surface area contributed by atoms with E-state index in [9.17, 15) is 4.79 Å². The van der Waals surface area contributed by atoms with Crippen LogP contribution in [0.3, 0.4) is 0 Å². The Labute approximate surface area is 125 Å². The van der Waals surface area contributed by atoms with E-state index in [2.05, 4.69) is 0 Å². The third kappa shape index (κ3) is 3.24. The summed E-state index contributed by atoms with van der Waals surface area (Å²) in [5.74, 6) is 0.963. The Hall–Kier alpha value is -2.29. The molecule has 1 amide bonds. The first-order valence-corrected chi connectivity index (χ1v) is 7.30. The average molecular weight is 281 g/mol. The molecule has 1 atom stereocenters. The molecule has 3 heteroatoms. The number of likely N-dealkylation sites (tertiary alicyclic amines) is 1. The van der Waals surface area contributed by atoms with E-state index in [0.29, 0.717) is 6.54 Å². The summed E-state index contributed by atoms with van der Waals surface area (Å²) in [7, 11) is 0. The number of nitrogens with zero attached hydrogens (tertiary/aromatic N) is 1. The Bertz CT molecular complexity index is 624. The van der Waals surface area contributed by atoms with E-state index < -0.39 is 0 Å². The smallest absolute Gasteiger partial charge is 0.253 e. The predicted molar refractivity (Wildman–Crippen MR) is 82.6 cm³/mol. The van der Waals surface area contributed by atoms with Crippen LogP contribution in [0.1, 0.15) is 22.3 Å². The minimum Gasteiger partial charge on any atom is -0.489 e. The van der Waals surface area contributed by atoms with Crippen molar-refractivity contribution in [1.29, 1.82) is 0 Å². The molecule has 1 unspecified atom stereocenters. The molecule has 0 saturated carbocycles. The number of amides is 1. The van der Waals surface area contributed by atoms with Crippen LogP contribution in [0.2, 0.25) is 0 Å². The third-order valence-electron chi connectivity index (χ3n) is 3.74. The zero-order valence-electron chi connectivity index (χ0n) is 12.2. The minimum absolute atomic E-state index is 0.0844. The highest BCUT2D eigenvalue weighted by molar-refractivity contribution is 5.94. The molecule has 2 aromatic carbocycles. The van der Waals surface area contributed by atoms with E-state index in [1.54, 1.807) is 0 Å². The van der Waals surface area contributed by atoms with Gasteiger partial charge >= 0.3 is 0 Å². The van der Waals surface area contributed by atoms with Crippen molar-refractivity contribution in [2.75, 3.05) is 13.1 Å². The zero-order chi connectivity index (χ0) is 14.7. The highest BCUT2D eigenvalue weighted by atomic mass is 16.5. The van der Waals surface area contributed by atoms with Gasteiger partial charge in [-0.05, 0) is 31.2 Å². The summed E-state index contributed by atoms with van der Waals surface area (Å²) in [6, 6.07) is 17.5. The molecular formula is C18H19NO2. The summed E-state index contributed by atoms with van der Waals surface area (Å²) in [5, 5.41) is 0. The zero-order valence-corrected chi connectivity index (χ0v) is 12.2. The molecule has 3 rings (SSSR count). The van der Waals surface area contributed by atoms with Crippen LogP contribution in [-0.2, 0) is 0 Å². The first-order valence-electron chi connectivity index (χ1n) is 7.30. The van der Waals surface area contributed by atoms with Gasteiger partial charge < -0.3 is 9.64 Å². The Balaban J connectivity index is 1.63. The average Bonchev–Trinajstić information content (AvgIpc) is 2.96. The van der Waals surface area contributed by atoms with E-state index in [1.165, 1.54) is 0 Å². The van der Waals surface area contributed by atoms with Crippen LogP contribution in [-0.4, -0.2) is 30.0 Å². The van der Waals surface area contributed by atoms with Crippen LogP contribution in [0.15, 0.2) is 54.6 Å². The molecule has 0 bridgehead atoms. The van der Waals surface area contributed by atoms with Gasteiger partial charge in [0.1, 0.15) is 11.9 Å². The predicted octanol–water partition coefficient (Wildman–Crippen LogP) is 3.29. The molecule has 0 N–H and O–H groups in total. The Morgan fingerprint density at radius 3 is 2.71 bits per heavy atom. The molecule has 1 aliphatic heterocycles. The summed E-state index contributed by atoms with van der Waals surface area (Å²) in [6.45, 7) is 3.41. The van der Waals surface area contributed by atoms with Gasteiger partial charge in [0.05, 0.1) is 6.54 Å². The summed E-state index contributed by atoms with van der Waals surface area (Å²) >= 11 is 0. The van der Waals surface area contributed by atoms with Crippen LogP contribution < -0.4 is 4.74 Å². The lowest BCUT2D eigenvalue weighted by Gasteiger charge is -2.17. The first-order chi connectivity index (χ1) is 10.2. The molecule has 1 saturated heterocycles. The number of hydrogen-bond donors (Lipinski definition) is 0. The number of aryl methyl sites for hydroxylation is 1. The van der Waals surface area contributed by atoms with E-state index in [-0.39, 0.29) is 12.0 Å². The van der Waals surface area contributed by atoms with Crippen molar-refractivity contribution in [1.82, 2.24) is 4.90 Å². The molecule has 0 radical (unpaired) electrons. The largest absolute Gasteiger partial charge is 0.489 e. The fraction of sp³-hybridized carbons (Fsp3) is 0.278. The van der Waals surface area contributed by atoms with E-state index in [0.717, 1.165) is 29.8 Å². The summed E-state index contributed by atoms with van der Waals surface area (Å²) in [6.07, 6.45) is 0.966. The van der Waals surface area contributed by atoms with Crippen molar-refractivity contribution in [2.24, 2.45) is 0 Å². The van der Waals surface area contributed by atoms with Crippen LogP contribution in [0, 0.1) is 6.92 Å². The summed E-state index contributed by atoms with van der Waals surface area (Å²) in [4.78, 5) is 14.3. The maximum Gasteiger partial charge on any atom is 0.253 e. The van der Waals surface area contributed by atoms with Crippen LogP contribution >= 0.6 is 0 Å². The second-order valence-corrected chi connectivity index (χ2v) is 5.46. The highest BCUT2D eigenvalue weighted by Gasteiger charge is 2.28. The summed E-state index contributed by atoms with van der Waals surface area (Å²) in [5.41, 5.74) is 1.87. The van der Waals surface area contributed by atoms with Gasteiger partial charge in [-0.2, -0.15) is 0 Å². The lowest BCUT2D eigenvalue weighted by Crippen LogP contribution is -2.30. The Morgan fingerprint density at radius 2 is 1.95 bits per heavy atom. The van der Waals surface area contributed by atoms with Crippen molar-refractivity contribution in [3.63, 3.8) is 0 Å². The highest BCUT2D eigenvalue weighted by Crippen LogP contribution is 2.19. The van der Waals surface area contributed by atoms with Gasteiger partial charge in [-0.1, -0.05) is 35.9 Å². The van der Waals surface area contributed by atoms with Crippen molar-refractivity contribution in [3.8, 4) is 5.75 Å². The van der Waals surface area contributed by atoms with Gasteiger partial charge in [0, 0.05) is 18.5 Å². The molecule has 0 aliphatic carbocycles. The molecule has 3 nitrogen and oxygen atoms in total. The topological polar surface area (TPSA) is 29.5 Å². The van der Waals surface area contributed by atoms with Crippen molar-refractivity contribution < 1.29 is 9.53 Å². The van der Waals surface area contributed by atoms with Crippen molar-refractivity contribution in [2.45, 2.75) is 19.4 Å². The van der Waals surface area contributed by atoms with Gasteiger partial charge in [-0.3, -0.25) is 4.79 Å². The van der Waals surface area contributed by atoms with Gasteiger partial charge in [-0.15, -0.1) is 0 Å². The molecule has 2 aromatic rings. The lowest BCUT2D eigenvalue weighted by molar-refractivity contribution is 0.0772. The molecule has 0 aromatic heterocycles. The number of ether oxygens (including phenoxy) is 1. The second-order valence-electron chi connectivity index (χ2n) is 5.46. The van der Waals surface area contributed by atoms with Crippen molar-refractivity contribution >= 4 is 5.91 Å². The van der Waals surface area contributed by atoms with E-state index in [4.69, 9.17) is 4.74 Å². The minimum atomic E-state index is 0.0844. The monoisotopic (exact) mass is 281 g/mol. The number of carbonyl (C=O) groups is 1. The SMILES string of the molecule is Cc1cccc(C(=O)N2CCC(Oc3ccccc3)C2)c1. The summed E-state index contributed by atoms with van der Waals surface area (Å²) < 4.78 is 5.92. The Kier molecular flexibility index (Phi) is 3.91. The number of benzene rings is 2. The second kappa shape index (κ2) is 6.00. The fourth-order valence-electron chi connectivity index (χ4n) is 2.66. The lowest BCUT2D eigenvalue weighted by atomic mass is 10.1. The number of carbonyl (C=O) groups excluding carboxylic acids is 1. The molecule has 0 spiro atoms.